The standard InChI is InChI=1S/C15H9BrClF3O/c16-11-3-1-2-8(5-11)13-6-9-4-10(15(18,19)20)7-12(17)14(9)21-13/h1-5,7,13H,6H2/t13-/m0/s1. The average Bonchev–Trinajstić information content (AvgIpc) is 2.82. The minimum absolute atomic E-state index is 0.00248. The zero-order valence-corrected chi connectivity index (χ0v) is 12.9. The number of fused-ring (bicyclic) bond motifs is 1. The van der Waals surface area contributed by atoms with Crippen molar-refractivity contribution in [3.63, 3.8) is 0 Å². The van der Waals surface area contributed by atoms with Crippen molar-refractivity contribution in [2.45, 2.75) is 18.7 Å². The van der Waals surface area contributed by atoms with Crippen LogP contribution in [0.25, 0.3) is 0 Å². The largest absolute Gasteiger partial charge is 0.484 e. The van der Waals surface area contributed by atoms with Crippen molar-refractivity contribution in [2.24, 2.45) is 0 Å². The van der Waals surface area contributed by atoms with E-state index in [1.165, 1.54) is 0 Å². The maximum Gasteiger partial charge on any atom is 0.416 e. The molecule has 0 spiro atoms. The highest BCUT2D eigenvalue weighted by Gasteiger charge is 2.35. The fourth-order valence-corrected chi connectivity index (χ4v) is 3.07. The Balaban J connectivity index is 1.96. The summed E-state index contributed by atoms with van der Waals surface area (Å²) in [5.41, 5.74) is 0.634. The summed E-state index contributed by atoms with van der Waals surface area (Å²) < 4.78 is 45.0. The lowest BCUT2D eigenvalue weighted by atomic mass is 10.0. The zero-order valence-electron chi connectivity index (χ0n) is 10.5. The van der Waals surface area contributed by atoms with E-state index in [0.717, 1.165) is 22.2 Å². The van der Waals surface area contributed by atoms with Crippen LogP contribution in [0.15, 0.2) is 40.9 Å². The molecule has 1 heterocycles. The van der Waals surface area contributed by atoms with Crippen molar-refractivity contribution in [2.75, 3.05) is 0 Å². The zero-order chi connectivity index (χ0) is 15.2. The second-order valence-electron chi connectivity index (χ2n) is 4.81. The SMILES string of the molecule is FC(F)(F)c1cc(Cl)c2c(c1)C[C@@H](c1cccc(Br)c1)O2. The molecule has 3 rings (SSSR count). The van der Waals surface area contributed by atoms with Gasteiger partial charge in [0.1, 0.15) is 11.9 Å². The van der Waals surface area contributed by atoms with Crippen LogP contribution in [-0.4, -0.2) is 0 Å². The Kier molecular flexibility index (Phi) is 3.66. The van der Waals surface area contributed by atoms with Crippen LogP contribution in [0.5, 0.6) is 5.75 Å². The number of hydrogen-bond acceptors (Lipinski definition) is 1. The molecule has 0 unspecified atom stereocenters. The van der Waals surface area contributed by atoms with E-state index in [-0.39, 0.29) is 11.1 Å². The Morgan fingerprint density at radius 1 is 1.19 bits per heavy atom. The summed E-state index contributed by atoms with van der Waals surface area (Å²) >= 11 is 9.30. The van der Waals surface area contributed by atoms with Gasteiger partial charge in [0, 0.05) is 16.5 Å². The van der Waals surface area contributed by atoms with E-state index in [4.69, 9.17) is 16.3 Å². The summed E-state index contributed by atoms with van der Waals surface area (Å²) in [6.07, 6.45) is -4.36. The van der Waals surface area contributed by atoms with E-state index < -0.39 is 11.7 Å². The third kappa shape index (κ3) is 2.90. The Morgan fingerprint density at radius 3 is 2.62 bits per heavy atom. The topological polar surface area (TPSA) is 9.23 Å². The van der Waals surface area contributed by atoms with E-state index in [9.17, 15) is 13.2 Å². The lowest BCUT2D eigenvalue weighted by Gasteiger charge is -2.12. The minimum Gasteiger partial charge on any atom is -0.484 e. The van der Waals surface area contributed by atoms with Crippen LogP contribution >= 0.6 is 27.5 Å². The molecule has 0 saturated heterocycles. The van der Waals surface area contributed by atoms with Crippen LogP contribution in [0.1, 0.15) is 22.8 Å². The van der Waals surface area contributed by atoms with E-state index in [0.29, 0.717) is 17.7 Å². The molecule has 0 aliphatic carbocycles. The monoisotopic (exact) mass is 376 g/mol. The fourth-order valence-electron chi connectivity index (χ4n) is 2.37. The van der Waals surface area contributed by atoms with Crippen LogP contribution in [0.4, 0.5) is 13.2 Å². The number of hydrogen-bond donors (Lipinski definition) is 0. The van der Waals surface area contributed by atoms with Gasteiger partial charge in [-0.2, -0.15) is 13.2 Å². The summed E-state index contributed by atoms with van der Waals surface area (Å²) in [6.45, 7) is 0. The molecule has 0 amide bonds. The van der Waals surface area contributed by atoms with Gasteiger partial charge >= 0.3 is 6.18 Å². The van der Waals surface area contributed by atoms with Gasteiger partial charge in [0.15, 0.2) is 0 Å². The van der Waals surface area contributed by atoms with Crippen LogP contribution in [0, 0.1) is 0 Å². The average molecular weight is 378 g/mol. The highest BCUT2D eigenvalue weighted by molar-refractivity contribution is 9.10. The number of rotatable bonds is 1. The summed E-state index contributed by atoms with van der Waals surface area (Å²) in [4.78, 5) is 0. The normalized spacial score (nSPS) is 17.5. The molecule has 0 fully saturated rings. The number of halogens is 5. The maximum absolute atomic E-state index is 12.8. The van der Waals surface area contributed by atoms with Crippen molar-refractivity contribution in [1.29, 1.82) is 0 Å². The number of alkyl halides is 3. The van der Waals surface area contributed by atoms with Crippen molar-refractivity contribution >= 4 is 27.5 Å². The van der Waals surface area contributed by atoms with E-state index in [2.05, 4.69) is 15.9 Å². The van der Waals surface area contributed by atoms with E-state index in [1.807, 2.05) is 24.3 Å². The van der Waals surface area contributed by atoms with Gasteiger partial charge in [-0.25, -0.2) is 0 Å². The smallest absolute Gasteiger partial charge is 0.416 e. The Hall–Kier alpha value is -1.20. The molecule has 1 aliphatic rings. The molecule has 1 aliphatic heterocycles. The highest BCUT2D eigenvalue weighted by atomic mass is 79.9. The molecule has 0 bridgehead atoms. The van der Waals surface area contributed by atoms with Crippen LogP contribution in [0.2, 0.25) is 5.02 Å². The third-order valence-corrected chi connectivity index (χ3v) is 4.11. The summed E-state index contributed by atoms with van der Waals surface area (Å²) in [7, 11) is 0. The van der Waals surface area contributed by atoms with Gasteiger partial charge in [-0.15, -0.1) is 0 Å². The number of benzene rings is 2. The quantitative estimate of drug-likeness (QED) is 0.610. The molecule has 0 radical (unpaired) electrons. The van der Waals surface area contributed by atoms with E-state index >= 15 is 0 Å². The lowest BCUT2D eigenvalue weighted by Crippen LogP contribution is -2.05. The maximum atomic E-state index is 12.8. The first kappa shape index (κ1) is 14.7. The highest BCUT2D eigenvalue weighted by Crippen LogP contribution is 2.45. The second-order valence-corrected chi connectivity index (χ2v) is 6.13. The van der Waals surface area contributed by atoms with Gasteiger partial charge < -0.3 is 4.74 Å². The lowest BCUT2D eigenvalue weighted by molar-refractivity contribution is -0.137. The second kappa shape index (κ2) is 5.21. The van der Waals surface area contributed by atoms with Crippen molar-refractivity contribution in [3.8, 4) is 5.75 Å². The molecule has 0 N–H and O–H groups in total. The predicted octanol–water partition coefficient (Wildman–Crippen LogP) is 5.80. The van der Waals surface area contributed by atoms with Crippen molar-refractivity contribution < 1.29 is 17.9 Å². The van der Waals surface area contributed by atoms with Crippen molar-refractivity contribution in [1.82, 2.24) is 0 Å². The first-order valence-electron chi connectivity index (χ1n) is 6.16. The van der Waals surface area contributed by atoms with Crippen LogP contribution in [-0.2, 0) is 12.6 Å². The minimum atomic E-state index is -4.41. The van der Waals surface area contributed by atoms with Gasteiger partial charge in [0.25, 0.3) is 0 Å². The van der Waals surface area contributed by atoms with Gasteiger partial charge in [-0.3, -0.25) is 0 Å². The van der Waals surface area contributed by atoms with Gasteiger partial charge in [0.05, 0.1) is 10.6 Å². The van der Waals surface area contributed by atoms with E-state index in [1.54, 1.807) is 0 Å². The molecular formula is C15H9BrClF3O. The fraction of sp³-hybridized carbons (Fsp3) is 0.200. The molecule has 110 valence electrons. The van der Waals surface area contributed by atoms with Gasteiger partial charge in [-0.1, -0.05) is 39.7 Å². The molecule has 0 saturated carbocycles. The summed E-state index contributed by atoms with van der Waals surface area (Å²) in [6, 6.07) is 9.51. The Labute approximate surface area is 132 Å². The Morgan fingerprint density at radius 2 is 1.95 bits per heavy atom. The molecular weight excluding hydrogens is 369 g/mol. The first-order chi connectivity index (χ1) is 9.84. The molecule has 1 atom stereocenters. The molecule has 1 nitrogen and oxygen atoms in total. The van der Waals surface area contributed by atoms with Gasteiger partial charge in [0.2, 0.25) is 0 Å². The number of ether oxygens (including phenoxy) is 1. The first-order valence-corrected chi connectivity index (χ1v) is 7.33. The molecule has 2 aromatic rings. The molecule has 0 aromatic heterocycles. The predicted molar refractivity (Wildman–Crippen MR) is 77.7 cm³/mol. The summed E-state index contributed by atoms with van der Waals surface area (Å²) in [5.74, 6) is 0.342. The third-order valence-electron chi connectivity index (χ3n) is 3.33. The van der Waals surface area contributed by atoms with Gasteiger partial charge in [-0.05, 0) is 29.8 Å². The summed E-state index contributed by atoms with van der Waals surface area (Å²) in [5, 5.41) is -0.00248. The van der Waals surface area contributed by atoms with Crippen LogP contribution in [0.3, 0.4) is 0 Å². The molecule has 2 aromatic carbocycles. The van der Waals surface area contributed by atoms with Crippen LogP contribution < -0.4 is 4.74 Å². The Bertz CT molecular complexity index is 700. The molecule has 6 heteroatoms. The molecule has 21 heavy (non-hydrogen) atoms. The van der Waals surface area contributed by atoms with Crippen molar-refractivity contribution in [3.05, 3.63) is 62.6 Å².